The van der Waals surface area contributed by atoms with Crippen molar-refractivity contribution in [2.45, 2.75) is 32.0 Å². The van der Waals surface area contributed by atoms with Crippen LogP contribution in [-0.2, 0) is 23.0 Å². The predicted octanol–water partition coefficient (Wildman–Crippen LogP) is 2.53. The molecule has 0 radical (unpaired) electrons. The van der Waals surface area contributed by atoms with Crippen LogP contribution in [0.4, 0.5) is 10.5 Å². The highest BCUT2D eigenvalue weighted by molar-refractivity contribution is 7.92. The second-order valence-electron chi connectivity index (χ2n) is 7.98. The third-order valence-corrected chi connectivity index (χ3v) is 6.40. The molecule has 1 amide bonds. The van der Waals surface area contributed by atoms with Crippen LogP contribution in [0.15, 0.2) is 55.1 Å². The van der Waals surface area contributed by atoms with Crippen molar-refractivity contribution in [1.29, 1.82) is 0 Å². The van der Waals surface area contributed by atoms with Crippen LogP contribution in [0.2, 0.25) is 0 Å². The molecule has 0 aliphatic rings. The Kier molecular flexibility index (Phi) is 8.43. The Morgan fingerprint density at radius 2 is 1.78 bits per heavy atom. The van der Waals surface area contributed by atoms with Crippen LogP contribution in [0, 0.1) is 0 Å². The summed E-state index contributed by atoms with van der Waals surface area (Å²) in [5.41, 5.74) is 9.43. The summed E-state index contributed by atoms with van der Waals surface area (Å²) in [6.45, 7) is 5.45. The van der Waals surface area contributed by atoms with Crippen LogP contribution < -0.4 is 10.0 Å². The quantitative estimate of drug-likeness (QED) is 0.499. The van der Waals surface area contributed by atoms with Crippen molar-refractivity contribution in [2.24, 2.45) is 5.73 Å². The van der Waals surface area contributed by atoms with Gasteiger partial charge in [0.1, 0.15) is 0 Å². The molecule has 9 heteroatoms. The van der Waals surface area contributed by atoms with E-state index in [1.807, 2.05) is 30.3 Å². The standard InChI is InChI=1S/C23H31N3O5S/c1-16(2)19-10-18(11-20(13-19)25(3)32(4,30)31)14-26(23(28)29)15-22(27)21(24)12-17-8-6-5-7-9-17/h5-11,13,21-22,27H,1,12,14-15,24H2,2-4H3,(H,28,29)/t21-,22+/m0/s1. The van der Waals surface area contributed by atoms with Gasteiger partial charge >= 0.3 is 6.09 Å². The lowest BCUT2D eigenvalue weighted by atomic mass is 10.0. The molecule has 4 N–H and O–H groups in total. The number of nitrogens with zero attached hydrogens (tertiary/aromatic N) is 2. The number of carbonyl (C=O) groups is 1. The monoisotopic (exact) mass is 461 g/mol. The lowest BCUT2D eigenvalue weighted by Crippen LogP contribution is -2.46. The summed E-state index contributed by atoms with van der Waals surface area (Å²) in [6, 6.07) is 13.8. The van der Waals surface area contributed by atoms with Gasteiger partial charge in [-0.1, -0.05) is 42.5 Å². The number of hydrogen-bond donors (Lipinski definition) is 3. The van der Waals surface area contributed by atoms with Gasteiger partial charge in [0.25, 0.3) is 0 Å². The molecule has 0 aliphatic carbocycles. The van der Waals surface area contributed by atoms with E-state index in [-0.39, 0.29) is 13.1 Å². The van der Waals surface area contributed by atoms with Gasteiger partial charge in [-0.25, -0.2) is 13.2 Å². The Bertz CT molecular complexity index is 1060. The molecule has 2 aromatic rings. The lowest BCUT2D eigenvalue weighted by molar-refractivity contribution is 0.0795. The van der Waals surface area contributed by atoms with Crippen molar-refractivity contribution >= 4 is 27.4 Å². The molecule has 2 aromatic carbocycles. The molecule has 174 valence electrons. The fraction of sp³-hybridized carbons (Fsp3) is 0.348. The zero-order valence-electron chi connectivity index (χ0n) is 18.6. The summed E-state index contributed by atoms with van der Waals surface area (Å²) >= 11 is 0. The highest BCUT2D eigenvalue weighted by atomic mass is 32.2. The van der Waals surface area contributed by atoms with Crippen molar-refractivity contribution in [2.75, 3.05) is 24.2 Å². The molecular weight excluding hydrogens is 430 g/mol. The van der Waals surface area contributed by atoms with E-state index in [0.29, 0.717) is 28.8 Å². The number of benzene rings is 2. The van der Waals surface area contributed by atoms with Crippen LogP contribution in [0.3, 0.4) is 0 Å². The molecule has 0 heterocycles. The fourth-order valence-electron chi connectivity index (χ4n) is 3.20. The number of anilines is 1. The number of amides is 1. The molecule has 2 rings (SSSR count). The van der Waals surface area contributed by atoms with Crippen molar-refractivity contribution in [3.8, 4) is 0 Å². The van der Waals surface area contributed by atoms with E-state index in [2.05, 4.69) is 6.58 Å². The normalized spacial score (nSPS) is 13.3. The van der Waals surface area contributed by atoms with Gasteiger partial charge in [-0.15, -0.1) is 0 Å². The Morgan fingerprint density at radius 1 is 1.16 bits per heavy atom. The first-order chi connectivity index (χ1) is 14.9. The number of aliphatic hydroxyl groups excluding tert-OH is 1. The first kappa shape index (κ1) is 25.4. The van der Waals surface area contributed by atoms with E-state index in [0.717, 1.165) is 21.0 Å². The number of rotatable bonds is 10. The van der Waals surface area contributed by atoms with Gasteiger partial charge in [0.15, 0.2) is 0 Å². The van der Waals surface area contributed by atoms with E-state index in [9.17, 15) is 23.4 Å². The summed E-state index contributed by atoms with van der Waals surface area (Å²) in [7, 11) is -2.07. The Balaban J connectivity index is 2.23. The van der Waals surface area contributed by atoms with Crippen LogP contribution in [-0.4, -0.2) is 61.6 Å². The molecule has 0 aliphatic heterocycles. The SMILES string of the molecule is C=C(C)c1cc(CN(C[C@@H](O)[C@@H](N)Cc2ccccc2)C(=O)O)cc(N(C)S(C)(=O)=O)c1. The summed E-state index contributed by atoms with van der Waals surface area (Å²) in [5, 5.41) is 20.2. The van der Waals surface area contributed by atoms with Gasteiger partial charge in [-0.05, 0) is 48.2 Å². The van der Waals surface area contributed by atoms with Gasteiger partial charge < -0.3 is 20.8 Å². The van der Waals surface area contributed by atoms with E-state index >= 15 is 0 Å². The van der Waals surface area contributed by atoms with Gasteiger partial charge in [0.2, 0.25) is 10.0 Å². The minimum absolute atomic E-state index is 0.0455. The predicted molar refractivity (Wildman–Crippen MR) is 127 cm³/mol. The zero-order valence-corrected chi connectivity index (χ0v) is 19.4. The van der Waals surface area contributed by atoms with Crippen molar-refractivity contribution in [1.82, 2.24) is 4.90 Å². The van der Waals surface area contributed by atoms with Gasteiger partial charge in [-0.3, -0.25) is 4.31 Å². The first-order valence-electron chi connectivity index (χ1n) is 10.1. The number of carboxylic acid groups (broad SMARTS) is 1. The molecule has 2 atom stereocenters. The summed E-state index contributed by atoms with van der Waals surface area (Å²) in [4.78, 5) is 12.9. The lowest BCUT2D eigenvalue weighted by Gasteiger charge is -2.27. The van der Waals surface area contributed by atoms with Crippen molar-refractivity contribution < 1.29 is 23.4 Å². The average molecular weight is 462 g/mol. The Hall–Kier alpha value is -2.88. The number of nitrogens with two attached hydrogens (primary N) is 1. The number of aliphatic hydroxyl groups is 1. The smallest absolute Gasteiger partial charge is 0.407 e. The van der Waals surface area contributed by atoms with Crippen LogP contribution in [0.5, 0.6) is 0 Å². The number of sulfonamides is 1. The number of allylic oxidation sites excluding steroid dienone is 1. The molecule has 0 fully saturated rings. The molecule has 0 saturated heterocycles. The van der Waals surface area contributed by atoms with Gasteiger partial charge in [0.05, 0.1) is 24.6 Å². The second kappa shape index (κ2) is 10.6. The zero-order chi connectivity index (χ0) is 24.1. The van der Waals surface area contributed by atoms with Crippen molar-refractivity contribution in [3.63, 3.8) is 0 Å². The molecule has 0 saturated carbocycles. The molecule has 0 bridgehead atoms. The highest BCUT2D eigenvalue weighted by Crippen LogP contribution is 2.25. The molecular formula is C23H31N3O5S. The first-order valence-corrected chi connectivity index (χ1v) is 11.9. The number of hydrogen-bond acceptors (Lipinski definition) is 5. The largest absolute Gasteiger partial charge is 0.465 e. The summed E-state index contributed by atoms with van der Waals surface area (Å²) in [6.07, 6.45) is -0.790. The summed E-state index contributed by atoms with van der Waals surface area (Å²) in [5.74, 6) is 0. The highest BCUT2D eigenvalue weighted by Gasteiger charge is 2.23. The maximum atomic E-state index is 12.0. The van der Waals surface area contributed by atoms with E-state index in [1.54, 1.807) is 25.1 Å². The average Bonchev–Trinajstić information content (AvgIpc) is 2.72. The van der Waals surface area contributed by atoms with E-state index in [1.165, 1.54) is 7.05 Å². The van der Waals surface area contributed by atoms with E-state index < -0.39 is 28.3 Å². The molecule has 32 heavy (non-hydrogen) atoms. The topological polar surface area (TPSA) is 124 Å². The van der Waals surface area contributed by atoms with Crippen LogP contribution >= 0.6 is 0 Å². The maximum absolute atomic E-state index is 12.0. The fourth-order valence-corrected chi connectivity index (χ4v) is 3.69. The Morgan fingerprint density at radius 3 is 2.31 bits per heavy atom. The minimum Gasteiger partial charge on any atom is -0.465 e. The van der Waals surface area contributed by atoms with Gasteiger partial charge in [0, 0.05) is 19.6 Å². The Labute approximate surface area is 189 Å². The summed E-state index contributed by atoms with van der Waals surface area (Å²) < 4.78 is 25.1. The molecule has 8 nitrogen and oxygen atoms in total. The second-order valence-corrected chi connectivity index (χ2v) is 10.00. The molecule has 0 unspecified atom stereocenters. The van der Waals surface area contributed by atoms with Crippen LogP contribution in [0.1, 0.15) is 23.6 Å². The van der Waals surface area contributed by atoms with Crippen LogP contribution in [0.25, 0.3) is 5.57 Å². The third kappa shape index (κ3) is 7.08. The van der Waals surface area contributed by atoms with Crippen molar-refractivity contribution in [3.05, 3.63) is 71.8 Å². The molecule has 0 aromatic heterocycles. The third-order valence-electron chi connectivity index (χ3n) is 5.19. The minimum atomic E-state index is -3.50. The van der Waals surface area contributed by atoms with Gasteiger partial charge in [-0.2, -0.15) is 0 Å². The maximum Gasteiger partial charge on any atom is 0.407 e. The molecule has 0 spiro atoms. The van der Waals surface area contributed by atoms with E-state index in [4.69, 9.17) is 5.73 Å².